The van der Waals surface area contributed by atoms with Crippen molar-refractivity contribution in [2.24, 2.45) is 5.92 Å². The van der Waals surface area contributed by atoms with Gasteiger partial charge in [0.05, 0.1) is 6.10 Å². The molecule has 0 bridgehead atoms. The summed E-state index contributed by atoms with van der Waals surface area (Å²) in [6, 6.07) is 0. The molecule has 2 fully saturated rings. The number of hydrogen-bond donors (Lipinski definition) is 2. The Morgan fingerprint density at radius 2 is 1.76 bits per heavy atom. The van der Waals surface area contributed by atoms with E-state index in [9.17, 15) is 5.11 Å². The van der Waals surface area contributed by atoms with E-state index in [1.807, 2.05) is 0 Å². The van der Waals surface area contributed by atoms with Crippen LogP contribution in [0.5, 0.6) is 0 Å². The fourth-order valence-corrected chi connectivity index (χ4v) is 3.09. The Hall–Kier alpha value is -0.120. The van der Waals surface area contributed by atoms with Gasteiger partial charge in [-0.25, -0.2) is 0 Å². The third-order valence-electron chi connectivity index (χ3n) is 4.29. The minimum Gasteiger partial charge on any atom is -0.393 e. The van der Waals surface area contributed by atoms with Crippen molar-refractivity contribution >= 4 is 0 Å². The fourth-order valence-electron chi connectivity index (χ4n) is 3.09. The van der Waals surface area contributed by atoms with Crippen molar-refractivity contribution in [3.8, 4) is 0 Å². The lowest BCUT2D eigenvalue weighted by atomic mass is 10.1. The molecule has 2 rings (SSSR count). The number of piperidine rings is 1. The van der Waals surface area contributed by atoms with Crippen molar-refractivity contribution in [1.82, 2.24) is 10.2 Å². The van der Waals surface area contributed by atoms with Crippen molar-refractivity contribution in [2.75, 3.05) is 32.7 Å². The molecule has 3 heteroatoms. The third kappa shape index (κ3) is 4.94. The first-order valence-electron chi connectivity index (χ1n) is 7.46. The summed E-state index contributed by atoms with van der Waals surface area (Å²) in [5, 5.41) is 13.0. The molecule has 1 saturated heterocycles. The highest BCUT2D eigenvalue weighted by molar-refractivity contribution is 4.72. The number of nitrogens with zero attached hydrogens (tertiary/aromatic N) is 1. The van der Waals surface area contributed by atoms with Gasteiger partial charge in [0, 0.05) is 13.1 Å². The number of aliphatic hydroxyl groups is 1. The average Bonchev–Trinajstić information content (AvgIpc) is 2.84. The summed E-state index contributed by atoms with van der Waals surface area (Å²) in [7, 11) is 0. The maximum atomic E-state index is 9.42. The number of likely N-dealkylation sites (tertiary alicyclic amines) is 1. The van der Waals surface area contributed by atoms with E-state index in [4.69, 9.17) is 0 Å². The highest BCUT2D eigenvalue weighted by Gasteiger charge is 2.16. The van der Waals surface area contributed by atoms with Crippen LogP contribution in [0.25, 0.3) is 0 Å². The zero-order chi connectivity index (χ0) is 11.9. The zero-order valence-electron chi connectivity index (χ0n) is 11.0. The van der Waals surface area contributed by atoms with E-state index in [-0.39, 0.29) is 6.10 Å². The van der Waals surface area contributed by atoms with Crippen LogP contribution in [0, 0.1) is 5.92 Å². The molecule has 0 aromatic rings. The van der Waals surface area contributed by atoms with Crippen LogP contribution in [0.4, 0.5) is 0 Å². The molecule has 1 heterocycles. The summed E-state index contributed by atoms with van der Waals surface area (Å²) < 4.78 is 0. The van der Waals surface area contributed by atoms with Gasteiger partial charge in [-0.05, 0) is 57.7 Å². The smallest absolute Gasteiger partial charge is 0.0564 e. The van der Waals surface area contributed by atoms with Gasteiger partial charge in [0.2, 0.25) is 0 Å². The van der Waals surface area contributed by atoms with Crippen molar-refractivity contribution in [2.45, 2.75) is 51.0 Å². The average molecular weight is 240 g/mol. The van der Waals surface area contributed by atoms with E-state index in [1.54, 1.807) is 0 Å². The molecular formula is C14H28N2O. The third-order valence-corrected chi connectivity index (χ3v) is 4.29. The minimum atomic E-state index is -0.0354. The molecule has 0 spiro atoms. The number of nitrogens with one attached hydrogen (secondary N) is 1. The van der Waals surface area contributed by atoms with E-state index in [1.165, 1.54) is 45.2 Å². The summed E-state index contributed by atoms with van der Waals surface area (Å²) in [5.41, 5.74) is 0. The van der Waals surface area contributed by atoms with Crippen LogP contribution in [-0.4, -0.2) is 48.8 Å². The summed E-state index contributed by atoms with van der Waals surface area (Å²) in [6.07, 6.45) is 8.93. The Kier molecular flexibility index (Phi) is 5.75. The van der Waals surface area contributed by atoms with Crippen LogP contribution in [0.2, 0.25) is 0 Å². The van der Waals surface area contributed by atoms with Gasteiger partial charge < -0.3 is 15.3 Å². The van der Waals surface area contributed by atoms with Crippen LogP contribution in [0.1, 0.15) is 44.9 Å². The molecule has 0 unspecified atom stereocenters. The van der Waals surface area contributed by atoms with Gasteiger partial charge in [0.15, 0.2) is 0 Å². The fraction of sp³-hybridized carbons (Fsp3) is 1.00. The van der Waals surface area contributed by atoms with Crippen molar-refractivity contribution < 1.29 is 5.11 Å². The zero-order valence-corrected chi connectivity index (χ0v) is 11.0. The maximum Gasteiger partial charge on any atom is 0.0564 e. The van der Waals surface area contributed by atoms with E-state index < -0.39 is 0 Å². The first kappa shape index (κ1) is 13.3. The lowest BCUT2D eigenvalue weighted by molar-refractivity contribution is 0.0821. The molecule has 2 N–H and O–H groups in total. The second-order valence-corrected chi connectivity index (χ2v) is 5.78. The molecule has 17 heavy (non-hydrogen) atoms. The number of aliphatic hydroxyl groups excluding tert-OH is 1. The summed E-state index contributed by atoms with van der Waals surface area (Å²) in [4.78, 5) is 2.49. The highest BCUT2D eigenvalue weighted by Crippen LogP contribution is 2.23. The molecular weight excluding hydrogens is 212 g/mol. The second-order valence-electron chi connectivity index (χ2n) is 5.78. The van der Waals surface area contributed by atoms with Gasteiger partial charge in [0.25, 0.3) is 0 Å². The molecule has 0 atom stereocenters. The molecule has 1 aliphatic carbocycles. The molecule has 100 valence electrons. The number of hydrogen-bond acceptors (Lipinski definition) is 3. The standard InChI is InChI=1S/C14H28N2O/c17-14-6-10-16(11-7-14)9-3-8-15-12-13-4-1-2-5-13/h13-15,17H,1-12H2. The van der Waals surface area contributed by atoms with E-state index in [0.717, 1.165) is 38.4 Å². The van der Waals surface area contributed by atoms with Crippen LogP contribution in [0.3, 0.4) is 0 Å². The second kappa shape index (κ2) is 7.34. The molecule has 0 aromatic carbocycles. The molecule has 0 aromatic heterocycles. The summed E-state index contributed by atoms with van der Waals surface area (Å²) in [6.45, 7) is 5.77. The van der Waals surface area contributed by atoms with Crippen molar-refractivity contribution in [3.05, 3.63) is 0 Å². The molecule has 0 radical (unpaired) electrons. The Bertz CT molecular complexity index is 196. The SMILES string of the molecule is OC1CCN(CCCNCC2CCCC2)CC1. The Morgan fingerprint density at radius 3 is 2.47 bits per heavy atom. The van der Waals surface area contributed by atoms with Gasteiger partial charge in [-0.1, -0.05) is 12.8 Å². The topological polar surface area (TPSA) is 35.5 Å². The maximum absolute atomic E-state index is 9.42. The Labute approximate surface area is 106 Å². The minimum absolute atomic E-state index is 0.0354. The largest absolute Gasteiger partial charge is 0.393 e. The van der Waals surface area contributed by atoms with E-state index in [2.05, 4.69) is 10.2 Å². The predicted octanol–water partition coefficient (Wildman–Crippen LogP) is 1.61. The van der Waals surface area contributed by atoms with Gasteiger partial charge >= 0.3 is 0 Å². The number of rotatable bonds is 6. The van der Waals surface area contributed by atoms with E-state index in [0.29, 0.717) is 0 Å². The molecule has 0 amide bonds. The molecule has 2 aliphatic rings. The van der Waals surface area contributed by atoms with Crippen LogP contribution in [0.15, 0.2) is 0 Å². The van der Waals surface area contributed by atoms with Gasteiger partial charge in [-0.3, -0.25) is 0 Å². The van der Waals surface area contributed by atoms with Gasteiger partial charge in [0.1, 0.15) is 0 Å². The molecule has 1 aliphatic heterocycles. The normalized spacial score (nSPS) is 24.5. The summed E-state index contributed by atoms with van der Waals surface area (Å²) >= 11 is 0. The van der Waals surface area contributed by atoms with Crippen molar-refractivity contribution in [3.63, 3.8) is 0 Å². The monoisotopic (exact) mass is 240 g/mol. The highest BCUT2D eigenvalue weighted by atomic mass is 16.3. The predicted molar refractivity (Wildman–Crippen MR) is 71.1 cm³/mol. The van der Waals surface area contributed by atoms with Crippen LogP contribution >= 0.6 is 0 Å². The van der Waals surface area contributed by atoms with Gasteiger partial charge in [-0.15, -0.1) is 0 Å². The summed E-state index contributed by atoms with van der Waals surface area (Å²) in [5.74, 6) is 0.958. The Morgan fingerprint density at radius 1 is 1.06 bits per heavy atom. The molecule has 1 saturated carbocycles. The molecule has 3 nitrogen and oxygen atoms in total. The van der Waals surface area contributed by atoms with Crippen LogP contribution in [-0.2, 0) is 0 Å². The quantitative estimate of drug-likeness (QED) is 0.693. The first-order valence-corrected chi connectivity index (χ1v) is 7.46. The van der Waals surface area contributed by atoms with Crippen molar-refractivity contribution in [1.29, 1.82) is 0 Å². The Balaban J connectivity index is 1.43. The van der Waals surface area contributed by atoms with Crippen LogP contribution < -0.4 is 5.32 Å². The lowest BCUT2D eigenvalue weighted by Crippen LogP contribution is -2.37. The lowest BCUT2D eigenvalue weighted by Gasteiger charge is -2.29. The first-order chi connectivity index (χ1) is 8.34. The van der Waals surface area contributed by atoms with Gasteiger partial charge in [-0.2, -0.15) is 0 Å². The van der Waals surface area contributed by atoms with E-state index >= 15 is 0 Å².